The van der Waals surface area contributed by atoms with Crippen LogP contribution < -0.4 is 0 Å². The van der Waals surface area contributed by atoms with Crippen LogP contribution >= 0.6 is 17.2 Å². The first-order valence-corrected chi connectivity index (χ1v) is 18.4. The molecule has 0 N–H and O–H groups in total. The summed E-state index contributed by atoms with van der Waals surface area (Å²) >= 11 is 0. The molecule has 0 saturated carbocycles. The van der Waals surface area contributed by atoms with Gasteiger partial charge in [0.1, 0.15) is 0 Å². The van der Waals surface area contributed by atoms with E-state index >= 15 is 0 Å². The van der Waals surface area contributed by atoms with E-state index in [0.29, 0.717) is 0 Å². The molecule has 2 unspecified atom stereocenters. The average Bonchev–Trinajstić information content (AvgIpc) is 2.83. The van der Waals surface area contributed by atoms with Gasteiger partial charge in [0, 0.05) is 0 Å². The highest BCUT2D eigenvalue weighted by Crippen LogP contribution is 2.38. The first kappa shape index (κ1) is 33.9. The monoisotopic (exact) mass is 500 g/mol. The maximum absolute atomic E-state index is 2.44. The van der Waals surface area contributed by atoms with Crippen LogP contribution in [-0.2, 0) is 0 Å². The fraction of sp³-hybridized carbons (Fsp3) is 1.00. The Morgan fingerprint density at radius 3 is 0.818 bits per heavy atom. The molecule has 2 heteroatoms. The van der Waals surface area contributed by atoms with Crippen molar-refractivity contribution >= 4 is 17.2 Å². The molecule has 0 bridgehead atoms. The largest absolute Gasteiger partial charge is 0.115 e. The lowest BCUT2D eigenvalue weighted by molar-refractivity contribution is 0.548. The van der Waals surface area contributed by atoms with Gasteiger partial charge in [0.25, 0.3) is 0 Å². The van der Waals surface area contributed by atoms with Gasteiger partial charge in [-0.25, -0.2) is 0 Å². The molecule has 0 aromatic carbocycles. The molecule has 0 aliphatic carbocycles. The Labute approximate surface area is 216 Å². The highest BCUT2D eigenvalue weighted by atomic mass is 31.1. The van der Waals surface area contributed by atoms with Crippen LogP contribution in [0.25, 0.3) is 0 Å². The van der Waals surface area contributed by atoms with Crippen LogP contribution in [0.4, 0.5) is 0 Å². The molecule has 0 nitrogen and oxygen atoms in total. The predicted octanol–water partition coefficient (Wildman–Crippen LogP) is 12.5. The molecule has 0 radical (unpaired) electrons. The quantitative estimate of drug-likeness (QED) is 0.0707. The van der Waals surface area contributed by atoms with E-state index in [2.05, 4.69) is 20.8 Å². The minimum Gasteiger partial charge on any atom is -0.115 e. The van der Waals surface area contributed by atoms with E-state index in [-0.39, 0.29) is 0 Å². The second-order valence-electron chi connectivity index (χ2n) is 10.6. The van der Waals surface area contributed by atoms with Gasteiger partial charge in [-0.05, 0) is 37.0 Å². The lowest BCUT2D eigenvalue weighted by Crippen LogP contribution is -1.94. The maximum Gasteiger partial charge on any atom is -0.00638 e. The summed E-state index contributed by atoms with van der Waals surface area (Å²) in [6.07, 6.45) is 40.0. The number of hydrogen-bond acceptors (Lipinski definition) is 0. The van der Waals surface area contributed by atoms with Crippen LogP contribution in [0.2, 0.25) is 0 Å². The topological polar surface area (TPSA) is 0 Å². The molecule has 0 aliphatic heterocycles. The van der Waals surface area contributed by atoms with Gasteiger partial charge in [-0.3, -0.25) is 0 Å². The van der Waals surface area contributed by atoms with Crippen molar-refractivity contribution in [1.82, 2.24) is 0 Å². The Morgan fingerprint density at radius 2 is 0.576 bits per heavy atom. The zero-order valence-electron chi connectivity index (χ0n) is 23.7. The van der Waals surface area contributed by atoms with Gasteiger partial charge in [0.05, 0.1) is 0 Å². The summed E-state index contributed by atoms with van der Waals surface area (Å²) in [5.74, 6) is 0. The van der Waals surface area contributed by atoms with E-state index in [1.54, 1.807) is 0 Å². The minimum atomic E-state index is 1.07. The molecule has 0 heterocycles. The van der Waals surface area contributed by atoms with Gasteiger partial charge in [0.2, 0.25) is 0 Å². The molecule has 0 aliphatic rings. The summed E-state index contributed by atoms with van der Waals surface area (Å²) in [5, 5.41) is 1.07. The van der Waals surface area contributed by atoms with E-state index in [0.717, 1.165) is 5.40 Å². The van der Waals surface area contributed by atoms with E-state index in [4.69, 9.17) is 0 Å². The Hall–Kier alpha value is 0.860. The first-order valence-electron chi connectivity index (χ1n) is 15.8. The zero-order valence-corrected chi connectivity index (χ0v) is 25.7. The molecule has 0 fully saturated rings. The van der Waals surface area contributed by atoms with Crippen molar-refractivity contribution in [3.63, 3.8) is 0 Å². The molecule has 0 amide bonds. The summed E-state index contributed by atoms with van der Waals surface area (Å²) in [6.45, 7) is 7.06. The Kier molecular flexibility index (Phi) is 31.7. The molecule has 0 spiro atoms. The summed E-state index contributed by atoms with van der Waals surface area (Å²) in [7, 11) is 2.52. The molecule has 2 atom stereocenters. The fourth-order valence-electron chi connectivity index (χ4n) is 4.85. The predicted molar refractivity (Wildman–Crippen MR) is 163 cm³/mol. The summed E-state index contributed by atoms with van der Waals surface area (Å²) < 4.78 is 0. The maximum atomic E-state index is 2.44. The Morgan fingerprint density at radius 1 is 0.333 bits per heavy atom. The highest BCUT2D eigenvalue weighted by molar-refractivity contribution is 7.57. The van der Waals surface area contributed by atoms with Crippen molar-refractivity contribution in [2.75, 3.05) is 12.3 Å². The van der Waals surface area contributed by atoms with Gasteiger partial charge in [-0.15, -0.1) is 17.2 Å². The van der Waals surface area contributed by atoms with Crippen LogP contribution in [0.3, 0.4) is 0 Å². The van der Waals surface area contributed by atoms with Crippen molar-refractivity contribution in [2.24, 2.45) is 0 Å². The second-order valence-corrected chi connectivity index (χ2v) is 14.4. The second kappa shape index (κ2) is 30.9. The third kappa shape index (κ3) is 29.0. The Bertz CT molecular complexity index is 301. The van der Waals surface area contributed by atoms with Crippen LogP contribution in [0.5, 0.6) is 0 Å². The fourth-order valence-corrected chi connectivity index (χ4v) is 8.47. The molecule has 0 aromatic heterocycles. The lowest BCUT2D eigenvalue weighted by atomic mass is 10.1. The van der Waals surface area contributed by atoms with E-state index in [1.807, 2.05) is 0 Å². The summed E-state index contributed by atoms with van der Waals surface area (Å²) in [5.41, 5.74) is 0. The van der Waals surface area contributed by atoms with Gasteiger partial charge in [-0.2, -0.15) is 0 Å². The van der Waals surface area contributed by atoms with Crippen LogP contribution in [-0.4, -0.2) is 17.7 Å². The highest BCUT2D eigenvalue weighted by Gasteiger charge is 2.05. The Balaban J connectivity index is 3.26. The van der Waals surface area contributed by atoms with Crippen molar-refractivity contribution in [3.8, 4) is 0 Å². The minimum absolute atomic E-state index is 1.07. The SMILES string of the molecule is CCCCCCCCCCCCCCPC(CC)PCCCCCCCCCCCCCC. The smallest absolute Gasteiger partial charge is 0.00638 e. The standard InChI is InChI=1S/C31H66P2/c1-4-7-9-11-13-15-17-19-21-23-25-27-29-32-31(6-3)33-30-28-26-24-22-20-18-16-14-12-10-8-5-2/h31-33H,4-30H2,1-3H3. The third-order valence-corrected chi connectivity index (χ3v) is 11.6. The molecule has 33 heavy (non-hydrogen) atoms. The van der Waals surface area contributed by atoms with Crippen LogP contribution in [0.1, 0.15) is 181 Å². The van der Waals surface area contributed by atoms with E-state index < -0.39 is 0 Å². The van der Waals surface area contributed by atoms with Gasteiger partial charge in [-0.1, -0.05) is 162 Å². The molecular weight excluding hydrogens is 434 g/mol. The molecule has 0 saturated heterocycles. The molecule has 0 aromatic rings. The number of unbranched alkanes of at least 4 members (excludes halogenated alkanes) is 22. The van der Waals surface area contributed by atoms with Crippen LogP contribution in [0, 0.1) is 0 Å². The zero-order chi connectivity index (χ0) is 24.1. The van der Waals surface area contributed by atoms with E-state index in [1.165, 1.54) is 190 Å². The van der Waals surface area contributed by atoms with Gasteiger partial charge < -0.3 is 0 Å². The lowest BCUT2D eigenvalue weighted by Gasteiger charge is -2.15. The van der Waals surface area contributed by atoms with Gasteiger partial charge in [0.15, 0.2) is 0 Å². The van der Waals surface area contributed by atoms with Crippen molar-refractivity contribution in [1.29, 1.82) is 0 Å². The van der Waals surface area contributed by atoms with E-state index in [9.17, 15) is 0 Å². The molecular formula is C31H66P2. The normalized spacial score (nSPS) is 13.2. The third-order valence-electron chi connectivity index (χ3n) is 7.25. The van der Waals surface area contributed by atoms with Crippen molar-refractivity contribution in [3.05, 3.63) is 0 Å². The molecule has 0 rings (SSSR count). The van der Waals surface area contributed by atoms with Crippen molar-refractivity contribution in [2.45, 2.75) is 187 Å². The van der Waals surface area contributed by atoms with Gasteiger partial charge >= 0.3 is 0 Å². The first-order chi connectivity index (χ1) is 16.3. The number of hydrogen-bond donors (Lipinski definition) is 0. The summed E-state index contributed by atoms with van der Waals surface area (Å²) in [6, 6.07) is 0. The molecule has 200 valence electrons. The van der Waals surface area contributed by atoms with Crippen molar-refractivity contribution < 1.29 is 0 Å². The summed E-state index contributed by atoms with van der Waals surface area (Å²) in [4.78, 5) is 0. The van der Waals surface area contributed by atoms with Crippen LogP contribution in [0.15, 0.2) is 0 Å². The number of rotatable bonds is 29. The average molecular weight is 501 g/mol.